The van der Waals surface area contributed by atoms with Crippen LogP contribution in [-0.4, -0.2) is 17.2 Å². The number of aromatic hydroxyl groups is 1. The topological polar surface area (TPSA) is 58.3 Å². The molecule has 2 rings (SSSR count). The van der Waals surface area contributed by atoms with E-state index in [1.54, 1.807) is 12.1 Å². The van der Waals surface area contributed by atoms with Crippen molar-refractivity contribution in [2.24, 2.45) is 5.73 Å². The maximum absolute atomic E-state index is 9.37. The summed E-state index contributed by atoms with van der Waals surface area (Å²) >= 11 is 0. The number of anilines is 1. The minimum Gasteiger partial charge on any atom is -0.508 e. The standard InChI is InChI=1S/C12H18N2O/c13-9-12(6-1-2-7-12)14-10-4-3-5-11(15)8-10/h3-5,8,14-15H,1-2,6-7,9,13H2. The molecular weight excluding hydrogens is 188 g/mol. The maximum Gasteiger partial charge on any atom is 0.117 e. The summed E-state index contributed by atoms with van der Waals surface area (Å²) in [5, 5.41) is 12.8. The quantitative estimate of drug-likeness (QED) is 0.709. The summed E-state index contributed by atoms with van der Waals surface area (Å²) in [6.07, 6.45) is 4.73. The lowest BCUT2D eigenvalue weighted by molar-refractivity contribution is 0.473. The van der Waals surface area contributed by atoms with Crippen molar-refractivity contribution in [3.8, 4) is 5.75 Å². The van der Waals surface area contributed by atoms with E-state index in [0.29, 0.717) is 12.3 Å². The molecule has 1 aliphatic carbocycles. The first kappa shape index (κ1) is 10.3. The van der Waals surface area contributed by atoms with E-state index in [4.69, 9.17) is 5.73 Å². The van der Waals surface area contributed by atoms with E-state index in [2.05, 4.69) is 5.32 Å². The van der Waals surface area contributed by atoms with Crippen LogP contribution >= 0.6 is 0 Å². The molecule has 0 aliphatic heterocycles. The summed E-state index contributed by atoms with van der Waals surface area (Å²) in [6.45, 7) is 0.655. The summed E-state index contributed by atoms with van der Waals surface area (Å²) < 4.78 is 0. The predicted octanol–water partition coefficient (Wildman–Crippen LogP) is 2.08. The molecule has 0 spiro atoms. The van der Waals surface area contributed by atoms with Gasteiger partial charge in [-0.3, -0.25) is 0 Å². The molecule has 1 fully saturated rings. The van der Waals surface area contributed by atoms with Crippen LogP contribution in [0.25, 0.3) is 0 Å². The van der Waals surface area contributed by atoms with E-state index >= 15 is 0 Å². The average Bonchev–Trinajstić information content (AvgIpc) is 2.67. The van der Waals surface area contributed by atoms with E-state index in [-0.39, 0.29) is 5.54 Å². The van der Waals surface area contributed by atoms with Gasteiger partial charge in [0, 0.05) is 23.8 Å². The van der Waals surface area contributed by atoms with Crippen LogP contribution in [-0.2, 0) is 0 Å². The number of rotatable bonds is 3. The number of nitrogens with one attached hydrogen (secondary N) is 1. The summed E-state index contributed by atoms with van der Waals surface area (Å²) in [6, 6.07) is 7.23. The van der Waals surface area contributed by atoms with Gasteiger partial charge < -0.3 is 16.2 Å². The first-order valence-corrected chi connectivity index (χ1v) is 5.51. The van der Waals surface area contributed by atoms with Crippen LogP contribution in [0.15, 0.2) is 24.3 Å². The zero-order valence-electron chi connectivity index (χ0n) is 8.87. The van der Waals surface area contributed by atoms with Crippen LogP contribution in [0, 0.1) is 0 Å². The van der Waals surface area contributed by atoms with Crippen LogP contribution in [0.4, 0.5) is 5.69 Å². The highest BCUT2D eigenvalue weighted by molar-refractivity contribution is 5.50. The van der Waals surface area contributed by atoms with E-state index in [1.165, 1.54) is 12.8 Å². The van der Waals surface area contributed by atoms with Crippen molar-refractivity contribution in [3.05, 3.63) is 24.3 Å². The van der Waals surface area contributed by atoms with Crippen molar-refractivity contribution < 1.29 is 5.11 Å². The van der Waals surface area contributed by atoms with Crippen LogP contribution < -0.4 is 11.1 Å². The van der Waals surface area contributed by atoms with E-state index in [0.717, 1.165) is 18.5 Å². The molecule has 0 bridgehead atoms. The first-order valence-electron chi connectivity index (χ1n) is 5.51. The molecule has 0 unspecified atom stereocenters. The Morgan fingerprint density at radius 1 is 1.33 bits per heavy atom. The molecule has 0 atom stereocenters. The number of hydrogen-bond acceptors (Lipinski definition) is 3. The molecule has 0 saturated heterocycles. The fourth-order valence-electron chi connectivity index (χ4n) is 2.32. The Bertz CT molecular complexity index is 332. The second-order valence-corrected chi connectivity index (χ2v) is 4.37. The third kappa shape index (κ3) is 2.23. The zero-order chi connectivity index (χ0) is 10.7. The van der Waals surface area contributed by atoms with Gasteiger partial charge in [-0.2, -0.15) is 0 Å². The molecule has 15 heavy (non-hydrogen) atoms. The zero-order valence-corrected chi connectivity index (χ0v) is 8.87. The highest BCUT2D eigenvalue weighted by Gasteiger charge is 2.31. The van der Waals surface area contributed by atoms with Gasteiger partial charge in [0.05, 0.1) is 0 Å². The maximum atomic E-state index is 9.37. The minimum absolute atomic E-state index is 0.0494. The smallest absolute Gasteiger partial charge is 0.117 e. The largest absolute Gasteiger partial charge is 0.508 e. The third-order valence-corrected chi connectivity index (χ3v) is 3.21. The summed E-state index contributed by atoms with van der Waals surface area (Å²) in [5.74, 6) is 0.296. The molecule has 1 saturated carbocycles. The molecule has 0 radical (unpaired) electrons. The van der Waals surface area contributed by atoms with Crippen molar-refractivity contribution in [1.29, 1.82) is 0 Å². The summed E-state index contributed by atoms with van der Waals surface area (Å²) in [4.78, 5) is 0. The molecular formula is C12H18N2O. The number of phenolic OH excluding ortho intramolecular Hbond substituents is 1. The van der Waals surface area contributed by atoms with Gasteiger partial charge in [-0.1, -0.05) is 18.9 Å². The molecule has 3 nitrogen and oxygen atoms in total. The van der Waals surface area contributed by atoms with Crippen LogP contribution in [0.2, 0.25) is 0 Å². The lowest BCUT2D eigenvalue weighted by atomic mass is 9.97. The Balaban J connectivity index is 2.12. The Labute approximate surface area is 90.3 Å². The fraction of sp³-hybridized carbons (Fsp3) is 0.500. The second-order valence-electron chi connectivity index (χ2n) is 4.37. The van der Waals surface area contributed by atoms with Crippen molar-refractivity contribution in [2.45, 2.75) is 31.2 Å². The lowest BCUT2D eigenvalue weighted by Crippen LogP contribution is -2.42. The highest BCUT2D eigenvalue weighted by atomic mass is 16.3. The molecule has 0 aromatic heterocycles. The fourth-order valence-corrected chi connectivity index (χ4v) is 2.32. The molecule has 0 heterocycles. The van der Waals surface area contributed by atoms with Gasteiger partial charge in [0.25, 0.3) is 0 Å². The second kappa shape index (κ2) is 4.11. The average molecular weight is 206 g/mol. The first-order chi connectivity index (χ1) is 7.24. The Morgan fingerprint density at radius 3 is 2.67 bits per heavy atom. The van der Waals surface area contributed by atoms with Crippen LogP contribution in [0.3, 0.4) is 0 Å². The monoisotopic (exact) mass is 206 g/mol. The van der Waals surface area contributed by atoms with Crippen molar-refractivity contribution in [2.75, 3.05) is 11.9 Å². The van der Waals surface area contributed by atoms with Crippen molar-refractivity contribution in [3.63, 3.8) is 0 Å². The molecule has 1 aromatic carbocycles. The van der Waals surface area contributed by atoms with Crippen LogP contribution in [0.5, 0.6) is 5.75 Å². The normalized spacial score (nSPS) is 19.0. The lowest BCUT2D eigenvalue weighted by Gasteiger charge is -2.30. The van der Waals surface area contributed by atoms with Gasteiger partial charge in [0.15, 0.2) is 0 Å². The SMILES string of the molecule is NCC1(Nc2cccc(O)c2)CCCC1. The van der Waals surface area contributed by atoms with E-state index < -0.39 is 0 Å². The molecule has 82 valence electrons. The predicted molar refractivity (Wildman–Crippen MR) is 62.0 cm³/mol. The molecule has 4 N–H and O–H groups in total. The highest BCUT2D eigenvalue weighted by Crippen LogP contribution is 2.32. The number of hydrogen-bond donors (Lipinski definition) is 3. The molecule has 1 aliphatic rings. The summed E-state index contributed by atoms with van der Waals surface area (Å²) in [5.41, 5.74) is 6.84. The van der Waals surface area contributed by atoms with Gasteiger partial charge in [-0.05, 0) is 25.0 Å². The third-order valence-electron chi connectivity index (χ3n) is 3.21. The van der Waals surface area contributed by atoms with E-state index in [9.17, 15) is 5.11 Å². The van der Waals surface area contributed by atoms with Crippen molar-refractivity contribution in [1.82, 2.24) is 0 Å². The number of phenols is 1. The Hall–Kier alpha value is -1.22. The van der Waals surface area contributed by atoms with Gasteiger partial charge in [-0.25, -0.2) is 0 Å². The summed E-state index contributed by atoms with van der Waals surface area (Å²) in [7, 11) is 0. The van der Waals surface area contributed by atoms with Crippen LogP contribution in [0.1, 0.15) is 25.7 Å². The van der Waals surface area contributed by atoms with Gasteiger partial charge >= 0.3 is 0 Å². The minimum atomic E-state index is 0.0494. The van der Waals surface area contributed by atoms with Gasteiger partial charge in [0.1, 0.15) is 5.75 Å². The van der Waals surface area contributed by atoms with Gasteiger partial charge in [0.2, 0.25) is 0 Å². The van der Waals surface area contributed by atoms with Crippen molar-refractivity contribution >= 4 is 5.69 Å². The number of nitrogens with two attached hydrogens (primary N) is 1. The van der Waals surface area contributed by atoms with Gasteiger partial charge in [-0.15, -0.1) is 0 Å². The molecule has 3 heteroatoms. The Morgan fingerprint density at radius 2 is 2.07 bits per heavy atom. The Kier molecular flexibility index (Phi) is 2.82. The molecule has 1 aromatic rings. The van der Waals surface area contributed by atoms with E-state index in [1.807, 2.05) is 12.1 Å². The number of benzene rings is 1. The molecule has 0 amide bonds.